The maximum atomic E-state index is 9.99. The standard InChI is InChI=1S/C4H8N2O3/c5-2(4(8)9)1-3(6)7/h2H,1,5H2,(H2,6,7)(H,8,9)/t2-/m0/s1/i6+1. The number of carboxylic acids is 1. The summed E-state index contributed by atoms with van der Waals surface area (Å²) in [4.78, 5) is 19.9. The fourth-order valence-electron chi connectivity index (χ4n) is 0.304. The molecule has 0 saturated heterocycles. The zero-order valence-electron chi connectivity index (χ0n) is 4.70. The molecule has 9 heavy (non-hydrogen) atoms. The number of primary amides is 1. The van der Waals surface area contributed by atoms with Gasteiger partial charge in [-0.15, -0.1) is 0 Å². The van der Waals surface area contributed by atoms with Crippen molar-refractivity contribution in [3.8, 4) is 0 Å². The fourth-order valence-corrected chi connectivity index (χ4v) is 0.304. The highest BCUT2D eigenvalue weighted by Gasteiger charge is 2.13. The largest absolute Gasteiger partial charge is 0.480 e. The van der Waals surface area contributed by atoms with Gasteiger partial charge in [0.05, 0.1) is 6.42 Å². The molecular weight excluding hydrogens is 125 g/mol. The Balaban J connectivity index is 3.63. The van der Waals surface area contributed by atoms with Gasteiger partial charge in [-0.1, -0.05) is 0 Å². The number of hydrogen-bond donors (Lipinski definition) is 3. The van der Waals surface area contributed by atoms with Gasteiger partial charge in [0.15, 0.2) is 0 Å². The second kappa shape index (κ2) is 3.03. The summed E-state index contributed by atoms with van der Waals surface area (Å²) in [7, 11) is 0. The van der Waals surface area contributed by atoms with E-state index in [0.717, 1.165) is 0 Å². The van der Waals surface area contributed by atoms with Crippen LogP contribution in [0.2, 0.25) is 0 Å². The zero-order chi connectivity index (χ0) is 7.44. The Morgan fingerprint density at radius 2 is 2.00 bits per heavy atom. The first-order valence-electron chi connectivity index (χ1n) is 2.30. The Morgan fingerprint density at radius 1 is 1.56 bits per heavy atom. The summed E-state index contributed by atoms with van der Waals surface area (Å²) in [6.07, 6.45) is -0.310. The molecule has 0 spiro atoms. The molecule has 0 heterocycles. The van der Waals surface area contributed by atoms with Crippen LogP contribution in [0.25, 0.3) is 0 Å². The minimum atomic E-state index is -1.21. The van der Waals surface area contributed by atoms with Crippen LogP contribution < -0.4 is 11.5 Å². The number of carbonyl (C=O) groups excluding carboxylic acids is 1. The maximum absolute atomic E-state index is 9.99. The molecule has 0 aliphatic carbocycles. The average molecular weight is 133 g/mol. The van der Waals surface area contributed by atoms with Crippen molar-refractivity contribution in [1.29, 1.82) is 0 Å². The van der Waals surface area contributed by atoms with E-state index in [2.05, 4.69) is 5.73 Å². The van der Waals surface area contributed by atoms with E-state index in [4.69, 9.17) is 10.8 Å². The summed E-state index contributed by atoms with van der Waals surface area (Å²) in [5.41, 5.74) is 9.57. The molecule has 0 saturated carbocycles. The van der Waals surface area contributed by atoms with Crippen LogP contribution in [-0.4, -0.2) is 23.0 Å². The Kier molecular flexibility index (Phi) is 2.66. The highest BCUT2D eigenvalue weighted by molar-refractivity contribution is 5.82. The van der Waals surface area contributed by atoms with E-state index >= 15 is 0 Å². The Bertz CT molecular complexity index is 134. The van der Waals surface area contributed by atoms with Gasteiger partial charge in [0.2, 0.25) is 5.91 Å². The van der Waals surface area contributed by atoms with E-state index in [9.17, 15) is 9.59 Å². The molecule has 0 rings (SSSR count). The van der Waals surface area contributed by atoms with E-state index in [1.165, 1.54) is 0 Å². The lowest BCUT2D eigenvalue weighted by Crippen LogP contribution is -2.34. The molecule has 1 amide bonds. The Morgan fingerprint density at radius 3 is 2.11 bits per heavy atom. The monoisotopic (exact) mass is 133 g/mol. The van der Waals surface area contributed by atoms with Crippen molar-refractivity contribution >= 4 is 11.9 Å². The third-order valence-electron chi connectivity index (χ3n) is 0.738. The molecule has 5 heteroatoms. The third kappa shape index (κ3) is 3.48. The minimum absolute atomic E-state index is 0.310. The number of rotatable bonds is 3. The number of amides is 1. The van der Waals surface area contributed by atoms with E-state index in [-0.39, 0.29) is 6.42 Å². The predicted octanol–water partition coefficient (Wildman–Crippen LogP) is -1.73. The summed E-state index contributed by atoms with van der Waals surface area (Å²) in [5, 5.41) is 8.10. The van der Waals surface area contributed by atoms with Crippen LogP contribution in [0, 0.1) is 0 Å². The molecule has 5 nitrogen and oxygen atoms in total. The first kappa shape index (κ1) is 7.90. The van der Waals surface area contributed by atoms with Crippen LogP contribution >= 0.6 is 0 Å². The fraction of sp³-hybridized carbons (Fsp3) is 0.500. The van der Waals surface area contributed by atoms with E-state index in [1.54, 1.807) is 0 Å². The van der Waals surface area contributed by atoms with E-state index < -0.39 is 17.9 Å². The molecule has 0 aromatic heterocycles. The second-order valence-electron chi connectivity index (χ2n) is 1.62. The number of carbonyl (C=O) groups is 2. The summed E-state index contributed by atoms with van der Waals surface area (Å²) in [6.45, 7) is 0. The molecule has 0 aromatic rings. The average Bonchev–Trinajstić information content (AvgIpc) is 1.63. The van der Waals surface area contributed by atoms with Crippen LogP contribution in [0.3, 0.4) is 0 Å². The number of aliphatic carboxylic acids is 1. The van der Waals surface area contributed by atoms with Gasteiger partial charge in [-0.05, 0) is 0 Å². The molecule has 0 aliphatic rings. The van der Waals surface area contributed by atoms with Gasteiger partial charge in [-0.2, -0.15) is 0 Å². The quantitative estimate of drug-likeness (QED) is 0.398. The first-order valence-corrected chi connectivity index (χ1v) is 2.30. The summed E-state index contributed by atoms with van der Waals surface area (Å²) >= 11 is 0. The molecule has 0 unspecified atom stereocenters. The van der Waals surface area contributed by atoms with E-state index in [0.29, 0.717) is 0 Å². The highest BCUT2D eigenvalue weighted by Crippen LogP contribution is 1.84. The Labute approximate surface area is 51.6 Å². The van der Waals surface area contributed by atoms with Gasteiger partial charge < -0.3 is 16.6 Å². The maximum Gasteiger partial charge on any atom is 0.321 e. The predicted molar refractivity (Wildman–Crippen MR) is 29.4 cm³/mol. The van der Waals surface area contributed by atoms with Crippen molar-refractivity contribution in [2.45, 2.75) is 12.5 Å². The molecule has 0 aromatic carbocycles. The summed E-state index contributed by atoms with van der Waals surface area (Å²) < 4.78 is 0. The van der Waals surface area contributed by atoms with Crippen molar-refractivity contribution in [3.05, 3.63) is 0 Å². The van der Waals surface area contributed by atoms with Crippen LogP contribution in [0.5, 0.6) is 0 Å². The number of hydrogen-bond acceptors (Lipinski definition) is 3. The van der Waals surface area contributed by atoms with Crippen LogP contribution in [0.15, 0.2) is 0 Å². The smallest absolute Gasteiger partial charge is 0.321 e. The van der Waals surface area contributed by atoms with Crippen molar-refractivity contribution in [3.63, 3.8) is 0 Å². The molecule has 5 N–H and O–H groups in total. The highest BCUT2D eigenvalue weighted by atomic mass is 16.4. The van der Waals surface area contributed by atoms with Gasteiger partial charge in [0.1, 0.15) is 6.04 Å². The zero-order valence-corrected chi connectivity index (χ0v) is 4.70. The molecule has 0 aliphatic heterocycles. The molecule has 0 fully saturated rings. The molecule has 52 valence electrons. The van der Waals surface area contributed by atoms with Gasteiger partial charge in [-0.25, -0.2) is 0 Å². The van der Waals surface area contributed by atoms with Crippen LogP contribution in [-0.2, 0) is 9.59 Å². The third-order valence-corrected chi connectivity index (χ3v) is 0.738. The topological polar surface area (TPSA) is 106 Å². The van der Waals surface area contributed by atoms with Crippen molar-refractivity contribution in [1.82, 2.24) is 0 Å². The van der Waals surface area contributed by atoms with Gasteiger partial charge >= 0.3 is 5.97 Å². The summed E-state index contributed by atoms with van der Waals surface area (Å²) in [6, 6.07) is -1.16. The molecule has 0 radical (unpaired) electrons. The van der Waals surface area contributed by atoms with Crippen molar-refractivity contribution in [2.24, 2.45) is 11.5 Å². The SMILES string of the molecule is N[C@@H](CC([15NH2])=O)C(=O)O. The Hall–Kier alpha value is -1.10. The van der Waals surface area contributed by atoms with Crippen LogP contribution in [0.1, 0.15) is 6.42 Å². The normalized spacial score (nSPS) is 12.6. The molecule has 0 bridgehead atoms. The first-order chi connectivity index (χ1) is 4.04. The lowest BCUT2D eigenvalue weighted by molar-refractivity contribution is -0.140. The lowest BCUT2D eigenvalue weighted by Gasteiger charge is -1.99. The van der Waals surface area contributed by atoms with Gasteiger partial charge in [-0.3, -0.25) is 9.59 Å². The number of carboxylic acid groups (broad SMARTS) is 1. The van der Waals surface area contributed by atoms with Crippen LogP contribution in [0.4, 0.5) is 0 Å². The second-order valence-corrected chi connectivity index (χ2v) is 1.62. The number of nitrogens with two attached hydrogens (primary N) is 2. The minimum Gasteiger partial charge on any atom is -0.480 e. The molecule has 1 atom stereocenters. The molecular formula is C4H8N2O3. The van der Waals surface area contributed by atoms with Crippen molar-refractivity contribution in [2.75, 3.05) is 0 Å². The van der Waals surface area contributed by atoms with Gasteiger partial charge in [0.25, 0.3) is 0 Å². The summed E-state index contributed by atoms with van der Waals surface area (Å²) in [5.74, 6) is -1.92. The lowest BCUT2D eigenvalue weighted by atomic mass is 10.2. The van der Waals surface area contributed by atoms with Crippen molar-refractivity contribution < 1.29 is 14.7 Å². The van der Waals surface area contributed by atoms with E-state index in [1.807, 2.05) is 0 Å². The van der Waals surface area contributed by atoms with Gasteiger partial charge in [0, 0.05) is 0 Å².